The lowest BCUT2D eigenvalue weighted by Gasteiger charge is -2.30. The van der Waals surface area contributed by atoms with Crippen LogP contribution in [-0.2, 0) is 14.3 Å². The molecule has 1 saturated carbocycles. The molecule has 2 rings (SSSR count). The Labute approximate surface area is 112 Å². The van der Waals surface area contributed by atoms with Crippen molar-refractivity contribution in [1.82, 2.24) is 0 Å². The van der Waals surface area contributed by atoms with Crippen LogP contribution in [0.5, 0.6) is 0 Å². The molecule has 1 aliphatic rings. The fourth-order valence-corrected chi connectivity index (χ4v) is 2.33. The molecule has 0 bridgehead atoms. The van der Waals surface area contributed by atoms with Crippen LogP contribution in [0.15, 0.2) is 30.3 Å². The molecule has 0 spiro atoms. The SMILES string of the molecule is CC(=O)O[C@H]1CCCC[C@@H]1OC(=O)c1ccccc1. The molecule has 0 amide bonds. The van der Waals surface area contributed by atoms with Crippen LogP contribution in [0, 0.1) is 0 Å². The molecular formula is C15H18O4. The Bertz CT molecular complexity index is 441. The maximum Gasteiger partial charge on any atom is 0.338 e. The van der Waals surface area contributed by atoms with Gasteiger partial charge in [0.1, 0.15) is 12.2 Å². The van der Waals surface area contributed by atoms with Gasteiger partial charge in [0.15, 0.2) is 0 Å². The van der Waals surface area contributed by atoms with Gasteiger partial charge in [-0.25, -0.2) is 4.79 Å². The molecular weight excluding hydrogens is 244 g/mol. The Kier molecular flexibility index (Phi) is 4.55. The topological polar surface area (TPSA) is 52.6 Å². The molecule has 1 fully saturated rings. The summed E-state index contributed by atoms with van der Waals surface area (Å²) in [5, 5.41) is 0. The van der Waals surface area contributed by atoms with Gasteiger partial charge in [0, 0.05) is 6.92 Å². The molecule has 0 unspecified atom stereocenters. The summed E-state index contributed by atoms with van der Waals surface area (Å²) in [6.07, 6.45) is 2.86. The van der Waals surface area contributed by atoms with Crippen LogP contribution in [0.2, 0.25) is 0 Å². The van der Waals surface area contributed by atoms with Gasteiger partial charge in [-0.05, 0) is 37.8 Å². The normalized spacial score (nSPS) is 22.6. The van der Waals surface area contributed by atoms with E-state index in [1.165, 1.54) is 6.92 Å². The summed E-state index contributed by atoms with van der Waals surface area (Å²) in [6, 6.07) is 8.86. The van der Waals surface area contributed by atoms with Gasteiger partial charge in [-0.15, -0.1) is 0 Å². The molecule has 1 aromatic carbocycles. The molecule has 1 aliphatic carbocycles. The lowest BCUT2D eigenvalue weighted by Crippen LogP contribution is -2.37. The van der Waals surface area contributed by atoms with Crippen molar-refractivity contribution in [3.05, 3.63) is 35.9 Å². The second-order valence-corrected chi connectivity index (χ2v) is 4.74. The molecule has 19 heavy (non-hydrogen) atoms. The van der Waals surface area contributed by atoms with Gasteiger partial charge < -0.3 is 9.47 Å². The first-order valence-electron chi connectivity index (χ1n) is 6.60. The van der Waals surface area contributed by atoms with Crippen molar-refractivity contribution in [1.29, 1.82) is 0 Å². The number of rotatable bonds is 3. The van der Waals surface area contributed by atoms with Crippen molar-refractivity contribution >= 4 is 11.9 Å². The maximum absolute atomic E-state index is 12.0. The summed E-state index contributed by atoms with van der Waals surface area (Å²) in [5.74, 6) is -0.683. The quantitative estimate of drug-likeness (QED) is 0.786. The molecule has 102 valence electrons. The number of hydrogen-bond acceptors (Lipinski definition) is 4. The fourth-order valence-electron chi connectivity index (χ4n) is 2.33. The van der Waals surface area contributed by atoms with E-state index in [0.717, 1.165) is 25.7 Å². The number of ether oxygens (including phenoxy) is 2. The van der Waals surface area contributed by atoms with E-state index in [1.54, 1.807) is 24.3 Å². The van der Waals surface area contributed by atoms with Gasteiger partial charge in [0.25, 0.3) is 0 Å². The van der Waals surface area contributed by atoms with Crippen LogP contribution in [-0.4, -0.2) is 24.1 Å². The van der Waals surface area contributed by atoms with Gasteiger partial charge in [0.2, 0.25) is 0 Å². The molecule has 1 aromatic rings. The number of hydrogen-bond donors (Lipinski definition) is 0. The van der Waals surface area contributed by atoms with E-state index in [1.807, 2.05) is 6.07 Å². The third-order valence-electron chi connectivity index (χ3n) is 3.23. The smallest absolute Gasteiger partial charge is 0.338 e. The number of carbonyl (C=O) groups excluding carboxylic acids is 2. The van der Waals surface area contributed by atoms with Gasteiger partial charge in [-0.2, -0.15) is 0 Å². The average molecular weight is 262 g/mol. The first kappa shape index (κ1) is 13.6. The number of esters is 2. The predicted molar refractivity (Wildman–Crippen MR) is 69.7 cm³/mol. The van der Waals surface area contributed by atoms with E-state index >= 15 is 0 Å². The third kappa shape index (κ3) is 3.81. The summed E-state index contributed by atoms with van der Waals surface area (Å²) in [5.41, 5.74) is 0.523. The van der Waals surface area contributed by atoms with Crippen LogP contribution in [0.25, 0.3) is 0 Å². The van der Waals surface area contributed by atoms with Gasteiger partial charge in [0.05, 0.1) is 5.56 Å². The summed E-state index contributed by atoms with van der Waals surface area (Å²) >= 11 is 0. The first-order valence-corrected chi connectivity index (χ1v) is 6.60. The standard InChI is InChI=1S/C15H18O4/c1-11(16)18-13-9-5-6-10-14(13)19-15(17)12-7-3-2-4-8-12/h2-4,7-8,13-14H,5-6,9-10H2,1H3/t13-,14-/m0/s1. The van der Waals surface area contributed by atoms with Crippen LogP contribution >= 0.6 is 0 Å². The Balaban J connectivity index is 1.99. The largest absolute Gasteiger partial charge is 0.459 e. The molecule has 0 saturated heterocycles. The van der Waals surface area contributed by atoms with Crippen molar-refractivity contribution in [3.8, 4) is 0 Å². The Morgan fingerprint density at radius 3 is 2.16 bits per heavy atom. The van der Waals surface area contributed by atoms with E-state index in [0.29, 0.717) is 5.56 Å². The minimum Gasteiger partial charge on any atom is -0.459 e. The van der Waals surface area contributed by atoms with E-state index in [4.69, 9.17) is 9.47 Å². The lowest BCUT2D eigenvalue weighted by molar-refractivity contribution is -0.155. The summed E-state index contributed by atoms with van der Waals surface area (Å²) < 4.78 is 10.7. The van der Waals surface area contributed by atoms with Crippen LogP contribution < -0.4 is 0 Å². The van der Waals surface area contributed by atoms with Gasteiger partial charge >= 0.3 is 11.9 Å². The van der Waals surface area contributed by atoms with Gasteiger partial charge in [-0.1, -0.05) is 18.2 Å². The van der Waals surface area contributed by atoms with Crippen molar-refractivity contribution < 1.29 is 19.1 Å². The molecule has 2 atom stereocenters. The van der Waals surface area contributed by atoms with Crippen LogP contribution in [0.3, 0.4) is 0 Å². The molecule has 0 aromatic heterocycles. The molecule has 4 heteroatoms. The fraction of sp³-hybridized carbons (Fsp3) is 0.467. The third-order valence-corrected chi connectivity index (χ3v) is 3.23. The van der Waals surface area contributed by atoms with Crippen molar-refractivity contribution in [2.45, 2.75) is 44.8 Å². The number of carbonyl (C=O) groups is 2. The zero-order valence-electron chi connectivity index (χ0n) is 11.0. The second kappa shape index (κ2) is 6.36. The van der Waals surface area contributed by atoms with E-state index in [9.17, 15) is 9.59 Å². The van der Waals surface area contributed by atoms with E-state index in [-0.39, 0.29) is 24.1 Å². The minimum atomic E-state index is -0.357. The first-order chi connectivity index (χ1) is 9.16. The summed E-state index contributed by atoms with van der Waals surface area (Å²) in [7, 11) is 0. The highest BCUT2D eigenvalue weighted by Gasteiger charge is 2.30. The molecule has 0 N–H and O–H groups in total. The van der Waals surface area contributed by atoms with Gasteiger partial charge in [-0.3, -0.25) is 4.79 Å². The highest BCUT2D eigenvalue weighted by atomic mass is 16.6. The maximum atomic E-state index is 12.0. The summed E-state index contributed by atoms with van der Waals surface area (Å²) in [4.78, 5) is 23.0. The Morgan fingerprint density at radius 1 is 1.00 bits per heavy atom. The van der Waals surface area contributed by atoms with Crippen molar-refractivity contribution in [2.24, 2.45) is 0 Å². The Hall–Kier alpha value is -1.84. The Morgan fingerprint density at radius 2 is 1.58 bits per heavy atom. The highest BCUT2D eigenvalue weighted by molar-refractivity contribution is 5.89. The average Bonchev–Trinajstić information content (AvgIpc) is 2.41. The molecule has 0 radical (unpaired) electrons. The lowest BCUT2D eigenvalue weighted by atomic mass is 9.94. The second-order valence-electron chi connectivity index (χ2n) is 4.74. The zero-order chi connectivity index (χ0) is 13.7. The number of benzene rings is 1. The van der Waals surface area contributed by atoms with Crippen molar-refractivity contribution in [2.75, 3.05) is 0 Å². The molecule has 4 nitrogen and oxygen atoms in total. The zero-order valence-corrected chi connectivity index (χ0v) is 11.0. The monoisotopic (exact) mass is 262 g/mol. The van der Waals surface area contributed by atoms with Crippen molar-refractivity contribution in [3.63, 3.8) is 0 Å². The summed E-state index contributed by atoms with van der Waals surface area (Å²) in [6.45, 7) is 1.38. The minimum absolute atomic E-state index is 0.307. The van der Waals surface area contributed by atoms with E-state index in [2.05, 4.69) is 0 Å². The highest BCUT2D eigenvalue weighted by Crippen LogP contribution is 2.25. The van der Waals surface area contributed by atoms with Crippen LogP contribution in [0.1, 0.15) is 43.0 Å². The molecule has 0 aliphatic heterocycles. The van der Waals surface area contributed by atoms with Crippen LogP contribution in [0.4, 0.5) is 0 Å². The van der Waals surface area contributed by atoms with E-state index < -0.39 is 0 Å². The predicted octanol–water partition coefficient (Wildman–Crippen LogP) is 2.72. The molecule has 0 heterocycles.